The minimum absolute atomic E-state index is 0.185. The third-order valence-electron chi connectivity index (χ3n) is 5.66. The summed E-state index contributed by atoms with van der Waals surface area (Å²) in [5.74, 6) is 1.83. The zero-order valence-corrected chi connectivity index (χ0v) is 16.7. The molecule has 1 saturated heterocycles. The standard InChI is InChI=1S/C19H27N5OS/c1-13-4-5-14-15(10-13)26-19-17(14)18(20-12-21-19)23(3)11-16(25)24-8-6-22(2)7-9-24/h12-13H,4-11H2,1-3H3/t13-/m0/s1. The first kappa shape index (κ1) is 17.7. The smallest absolute Gasteiger partial charge is 0.242 e. The highest BCUT2D eigenvalue weighted by Crippen LogP contribution is 2.40. The van der Waals surface area contributed by atoms with Crippen LogP contribution in [0.25, 0.3) is 10.2 Å². The van der Waals surface area contributed by atoms with E-state index in [9.17, 15) is 4.79 Å². The highest BCUT2D eigenvalue weighted by Gasteiger charge is 2.26. The number of hydrogen-bond donors (Lipinski definition) is 0. The fourth-order valence-corrected chi connectivity index (χ4v) is 5.33. The average Bonchev–Trinajstić information content (AvgIpc) is 2.99. The number of piperazine rings is 1. The maximum Gasteiger partial charge on any atom is 0.242 e. The van der Waals surface area contributed by atoms with E-state index in [0.717, 1.165) is 55.6 Å². The fourth-order valence-electron chi connectivity index (χ4n) is 3.98. The van der Waals surface area contributed by atoms with Gasteiger partial charge in [0.05, 0.1) is 11.9 Å². The molecule has 0 bridgehead atoms. The van der Waals surface area contributed by atoms with Gasteiger partial charge in [-0.05, 0) is 37.8 Å². The van der Waals surface area contributed by atoms with Crippen LogP contribution in [0.1, 0.15) is 23.8 Å². The van der Waals surface area contributed by atoms with Crippen LogP contribution in [0, 0.1) is 5.92 Å². The molecular formula is C19H27N5OS. The number of carbonyl (C=O) groups excluding carboxylic acids is 1. The van der Waals surface area contributed by atoms with Crippen molar-refractivity contribution in [1.29, 1.82) is 0 Å². The lowest BCUT2D eigenvalue weighted by molar-refractivity contribution is -0.131. The molecule has 2 aromatic heterocycles. The minimum atomic E-state index is 0.185. The van der Waals surface area contributed by atoms with Crippen LogP contribution in [0.4, 0.5) is 5.82 Å². The molecule has 1 amide bonds. The molecule has 1 aliphatic carbocycles. The molecule has 7 heteroatoms. The van der Waals surface area contributed by atoms with Crippen LogP contribution < -0.4 is 4.90 Å². The molecule has 4 rings (SSSR count). The summed E-state index contributed by atoms with van der Waals surface area (Å²) in [5, 5.41) is 1.17. The number of likely N-dealkylation sites (N-methyl/N-ethyl adjacent to an activating group) is 2. The summed E-state index contributed by atoms with van der Waals surface area (Å²) < 4.78 is 0. The Morgan fingerprint density at radius 3 is 2.85 bits per heavy atom. The van der Waals surface area contributed by atoms with Crippen molar-refractivity contribution < 1.29 is 4.79 Å². The van der Waals surface area contributed by atoms with Gasteiger partial charge in [0.15, 0.2) is 0 Å². The predicted molar refractivity (Wildman–Crippen MR) is 106 cm³/mol. The Kier molecular flexibility index (Phi) is 4.84. The number of aryl methyl sites for hydroxylation is 1. The first-order valence-electron chi connectivity index (χ1n) is 9.45. The van der Waals surface area contributed by atoms with E-state index in [2.05, 4.69) is 28.8 Å². The van der Waals surface area contributed by atoms with E-state index in [-0.39, 0.29) is 5.91 Å². The summed E-state index contributed by atoms with van der Waals surface area (Å²) in [5.41, 5.74) is 1.41. The van der Waals surface area contributed by atoms with Gasteiger partial charge in [-0.2, -0.15) is 0 Å². The largest absolute Gasteiger partial charge is 0.350 e. The van der Waals surface area contributed by atoms with Crippen LogP contribution in [0.2, 0.25) is 0 Å². The third-order valence-corrected chi connectivity index (χ3v) is 6.82. The Bertz CT molecular complexity index is 812. The van der Waals surface area contributed by atoms with Crippen LogP contribution >= 0.6 is 11.3 Å². The predicted octanol–water partition coefficient (Wildman–Crippen LogP) is 2.03. The van der Waals surface area contributed by atoms with Crippen molar-refractivity contribution in [3.8, 4) is 0 Å². The van der Waals surface area contributed by atoms with Gasteiger partial charge in [0.1, 0.15) is 17.0 Å². The summed E-state index contributed by atoms with van der Waals surface area (Å²) in [4.78, 5) is 30.6. The van der Waals surface area contributed by atoms with Crippen LogP contribution in [-0.2, 0) is 17.6 Å². The van der Waals surface area contributed by atoms with E-state index < -0.39 is 0 Å². The molecule has 0 spiro atoms. The summed E-state index contributed by atoms with van der Waals surface area (Å²) >= 11 is 1.80. The maximum atomic E-state index is 12.7. The van der Waals surface area contributed by atoms with Gasteiger partial charge in [0, 0.05) is 38.1 Å². The number of carbonyl (C=O) groups is 1. The normalized spacial score (nSPS) is 21.0. The van der Waals surface area contributed by atoms with Gasteiger partial charge in [-0.25, -0.2) is 9.97 Å². The molecule has 0 aromatic carbocycles. The molecule has 1 atom stereocenters. The number of hydrogen-bond acceptors (Lipinski definition) is 6. The second-order valence-corrected chi connectivity index (χ2v) is 8.85. The van der Waals surface area contributed by atoms with E-state index in [4.69, 9.17) is 0 Å². The van der Waals surface area contributed by atoms with Crippen molar-refractivity contribution >= 4 is 33.3 Å². The van der Waals surface area contributed by atoms with E-state index in [1.54, 1.807) is 17.7 Å². The molecule has 1 fully saturated rings. The number of nitrogens with zero attached hydrogens (tertiary/aromatic N) is 5. The quantitative estimate of drug-likeness (QED) is 0.824. The van der Waals surface area contributed by atoms with Gasteiger partial charge < -0.3 is 14.7 Å². The third kappa shape index (κ3) is 3.30. The molecular weight excluding hydrogens is 346 g/mol. The molecule has 26 heavy (non-hydrogen) atoms. The fraction of sp³-hybridized carbons (Fsp3) is 0.632. The van der Waals surface area contributed by atoms with Crippen LogP contribution in [-0.4, -0.2) is 72.5 Å². The molecule has 0 radical (unpaired) electrons. The van der Waals surface area contributed by atoms with Crippen LogP contribution in [0.15, 0.2) is 6.33 Å². The van der Waals surface area contributed by atoms with Gasteiger partial charge in [-0.1, -0.05) is 6.92 Å². The maximum absolute atomic E-state index is 12.7. The number of rotatable bonds is 3. The van der Waals surface area contributed by atoms with E-state index in [1.165, 1.54) is 22.2 Å². The second-order valence-electron chi connectivity index (χ2n) is 7.77. The Hall–Kier alpha value is -1.73. The van der Waals surface area contributed by atoms with Crippen molar-refractivity contribution in [2.45, 2.75) is 26.2 Å². The number of amides is 1. The SMILES string of the molecule is C[C@H]1CCc2c(sc3ncnc(N(C)CC(=O)N4CCN(C)CC4)c23)C1. The lowest BCUT2D eigenvalue weighted by Crippen LogP contribution is -2.49. The first-order chi connectivity index (χ1) is 12.5. The molecule has 2 aromatic rings. The lowest BCUT2D eigenvalue weighted by atomic mass is 9.89. The highest BCUT2D eigenvalue weighted by atomic mass is 32.1. The van der Waals surface area contributed by atoms with Gasteiger partial charge in [-0.15, -0.1) is 11.3 Å². The average molecular weight is 374 g/mol. The molecule has 6 nitrogen and oxygen atoms in total. The summed E-state index contributed by atoms with van der Waals surface area (Å²) in [6.07, 6.45) is 5.09. The van der Waals surface area contributed by atoms with Gasteiger partial charge in [0.25, 0.3) is 0 Å². The number of anilines is 1. The molecule has 3 heterocycles. The lowest BCUT2D eigenvalue weighted by Gasteiger charge is -2.33. The molecule has 140 valence electrons. The molecule has 0 N–H and O–H groups in total. The monoisotopic (exact) mass is 373 g/mol. The molecule has 1 aliphatic heterocycles. The number of aromatic nitrogens is 2. The Labute approximate surface area is 158 Å². The van der Waals surface area contributed by atoms with Gasteiger partial charge in [-0.3, -0.25) is 4.79 Å². The molecule has 0 saturated carbocycles. The van der Waals surface area contributed by atoms with Crippen LogP contribution in [0.5, 0.6) is 0 Å². The minimum Gasteiger partial charge on any atom is -0.350 e. The van der Waals surface area contributed by atoms with Gasteiger partial charge >= 0.3 is 0 Å². The zero-order valence-electron chi connectivity index (χ0n) is 15.9. The number of thiophene rings is 1. The Balaban J connectivity index is 1.57. The summed E-state index contributed by atoms with van der Waals surface area (Å²) in [6.45, 7) is 6.21. The second kappa shape index (κ2) is 7.12. The topological polar surface area (TPSA) is 52.6 Å². The van der Waals surface area contributed by atoms with E-state index in [1.807, 2.05) is 16.8 Å². The van der Waals surface area contributed by atoms with Crippen LogP contribution in [0.3, 0.4) is 0 Å². The van der Waals surface area contributed by atoms with Crippen molar-refractivity contribution in [2.24, 2.45) is 5.92 Å². The highest BCUT2D eigenvalue weighted by molar-refractivity contribution is 7.19. The molecule has 2 aliphatic rings. The van der Waals surface area contributed by atoms with Crippen molar-refractivity contribution in [2.75, 3.05) is 51.7 Å². The summed E-state index contributed by atoms with van der Waals surface area (Å²) in [6, 6.07) is 0. The van der Waals surface area contributed by atoms with Crippen molar-refractivity contribution in [1.82, 2.24) is 19.8 Å². The molecule has 0 unspecified atom stereocenters. The van der Waals surface area contributed by atoms with E-state index in [0.29, 0.717) is 6.54 Å². The van der Waals surface area contributed by atoms with Crippen molar-refractivity contribution in [3.63, 3.8) is 0 Å². The zero-order chi connectivity index (χ0) is 18.3. The van der Waals surface area contributed by atoms with Crippen molar-refractivity contribution in [3.05, 3.63) is 16.8 Å². The van der Waals surface area contributed by atoms with E-state index >= 15 is 0 Å². The number of fused-ring (bicyclic) bond motifs is 3. The first-order valence-corrected chi connectivity index (χ1v) is 10.3. The Morgan fingerprint density at radius 1 is 1.31 bits per heavy atom. The Morgan fingerprint density at radius 2 is 2.08 bits per heavy atom. The van der Waals surface area contributed by atoms with Gasteiger partial charge in [0.2, 0.25) is 5.91 Å². The summed E-state index contributed by atoms with van der Waals surface area (Å²) in [7, 11) is 4.08.